The van der Waals surface area contributed by atoms with Crippen LogP contribution in [-0.4, -0.2) is 6.54 Å². The third kappa shape index (κ3) is 4.38. The summed E-state index contributed by atoms with van der Waals surface area (Å²) in [6.07, 6.45) is -3.36. The predicted molar refractivity (Wildman–Crippen MR) is 73.3 cm³/mol. The third-order valence-electron chi connectivity index (χ3n) is 3.04. The Morgan fingerprint density at radius 2 is 1.45 bits per heavy atom. The molecule has 1 nitrogen and oxygen atoms in total. The van der Waals surface area contributed by atoms with Crippen LogP contribution in [0, 0.1) is 0 Å². The molecule has 0 bridgehead atoms. The summed E-state index contributed by atoms with van der Waals surface area (Å²) >= 11 is 0. The van der Waals surface area contributed by atoms with Crippen molar-refractivity contribution in [3.63, 3.8) is 0 Å². The summed E-state index contributed by atoms with van der Waals surface area (Å²) in [6.45, 7) is 1.37. The van der Waals surface area contributed by atoms with Gasteiger partial charge in [0.05, 0.1) is 5.56 Å². The molecule has 0 saturated carbocycles. The van der Waals surface area contributed by atoms with Gasteiger partial charge in [-0.2, -0.15) is 13.2 Å². The summed E-state index contributed by atoms with van der Waals surface area (Å²) in [5.41, 5.74) is 1.49. The number of rotatable bonds is 5. The van der Waals surface area contributed by atoms with E-state index >= 15 is 0 Å². The summed E-state index contributed by atoms with van der Waals surface area (Å²) in [7, 11) is 0. The van der Waals surface area contributed by atoms with Crippen LogP contribution in [0.15, 0.2) is 54.6 Å². The molecule has 0 aliphatic heterocycles. The molecule has 0 radical (unpaired) electrons. The van der Waals surface area contributed by atoms with Crippen LogP contribution in [0.25, 0.3) is 0 Å². The van der Waals surface area contributed by atoms with Crippen LogP contribution in [0.3, 0.4) is 0 Å². The van der Waals surface area contributed by atoms with Gasteiger partial charge in [-0.15, -0.1) is 0 Å². The molecule has 0 spiro atoms. The van der Waals surface area contributed by atoms with Gasteiger partial charge in [-0.25, -0.2) is 0 Å². The molecular weight excluding hydrogens is 263 g/mol. The highest BCUT2D eigenvalue weighted by Crippen LogP contribution is 2.28. The van der Waals surface area contributed by atoms with Gasteiger partial charge < -0.3 is 5.32 Å². The van der Waals surface area contributed by atoms with E-state index in [4.69, 9.17) is 0 Å². The van der Waals surface area contributed by atoms with Crippen molar-refractivity contribution in [2.24, 2.45) is 0 Å². The van der Waals surface area contributed by atoms with Crippen molar-refractivity contribution in [2.75, 3.05) is 6.54 Å². The summed E-state index contributed by atoms with van der Waals surface area (Å²) in [4.78, 5) is 0. The van der Waals surface area contributed by atoms with E-state index in [0.717, 1.165) is 30.7 Å². The normalized spacial score (nSPS) is 11.6. The molecule has 0 aliphatic rings. The summed E-state index contributed by atoms with van der Waals surface area (Å²) in [5.74, 6) is 0. The van der Waals surface area contributed by atoms with Gasteiger partial charge >= 0.3 is 6.18 Å². The minimum absolute atomic E-state index is 0.574. The number of hydrogen-bond donors (Lipinski definition) is 1. The lowest BCUT2D eigenvalue weighted by Crippen LogP contribution is -2.16. The fourth-order valence-electron chi connectivity index (χ4n) is 1.92. The molecular formula is C16H16F3N. The van der Waals surface area contributed by atoms with Crippen molar-refractivity contribution in [3.05, 3.63) is 71.3 Å². The smallest absolute Gasteiger partial charge is 0.312 e. The second kappa shape index (κ2) is 6.57. The standard InChI is InChI=1S/C16H16F3N/c17-16(18,19)15-8-6-14(7-9-15)12-20-11-10-13-4-2-1-3-5-13/h1-9,20H,10-12H2. The second-order valence-electron chi connectivity index (χ2n) is 4.61. The van der Waals surface area contributed by atoms with E-state index in [1.165, 1.54) is 17.7 Å². The SMILES string of the molecule is FC(F)(F)c1ccc(CNCCc2ccccc2)cc1. The Morgan fingerprint density at radius 1 is 0.800 bits per heavy atom. The van der Waals surface area contributed by atoms with Crippen LogP contribution in [0.5, 0.6) is 0 Å². The summed E-state index contributed by atoms with van der Waals surface area (Å²) in [6, 6.07) is 15.3. The van der Waals surface area contributed by atoms with E-state index in [0.29, 0.717) is 6.54 Å². The first kappa shape index (κ1) is 14.6. The molecule has 0 fully saturated rings. The topological polar surface area (TPSA) is 12.0 Å². The first-order valence-electron chi connectivity index (χ1n) is 6.46. The van der Waals surface area contributed by atoms with E-state index in [9.17, 15) is 13.2 Å². The third-order valence-corrected chi connectivity index (χ3v) is 3.04. The molecule has 2 aromatic carbocycles. The van der Waals surface area contributed by atoms with Crippen molar-refractivity contribution < 1.29 is 13.2 Å². The minimum atomic E-state index is -4.26. The van der Waals surface area contributed by atoms with Crippen LogP contribution in [0.4, 0.5) is 13.2 Å². The molecule has 0 aromatic heterocycles. The van der Waals surface area contributed by atoms with Crippen LogP contribution in [0.2, 0.25) is 0 Å². The average molecular weight is 279 g/mol. The van der Waals surface area contributed by atoms with Crippen molar-refractivity contribution in [1.29, 1.82) is 0 Å². The minimum Gasteiger partial charge on any atom is -0.312 e. The number of halogens is 3. The highest BCUT2D eigenvalue weighted by Gasteiger charge is 2.29. The lowest BCUT2D eigenvalue weighted by molar-refractivity contribution is -0.137. The van der Waals surface area contributed by atoms with E-state index in [-0.39, 0.29) is 0 Å². The molecule has 2 aromatic rings. The molecule has 20 heavy (non-hydrogen) atoms. The van der Waals surface area contributed by atoms with E-state index in [1.54, 1.807) is 0 Å². The van der Waals surface area contributed by atoms with Gasteiger partial charge in [0.1, 0.15) is 0 Å². The molecule has 0 heterocycles. The number of benzene rings is 2. The van der Waals surface area contributed by atoms with E-state index < -0.39 is 11.7 Å². The maximum Gasteiger partial charge on any atom is 0.416 e. The Hall–Kier alpha value is -1.81. The molecule has 0 saturated heterocycles. The summed E-state index contributed by atoms with van der Waals surface area (Å²) < 4.78 is 37.2. The quantitative estimate of drug-likeness (QED) is 0.815. The van der Waals surface area contributed by atoms with Crippen LogP contribution < -0.4 is 5.32 Å². The maximum atomic E-state index is 12.4. The lowest BCUT2D eigenvalue weighted by Gasteiger charge is -2.08. The Morgan fingerprint density at radius 3 is 2.05 bits per heavy atom. The van der Waals surface area contributed by atoms with Crippen molar-refractivity contribution in [1.82, 2.24) is 5.32 Å². The molecule has 0 amide bonds. The largest absolute Gasteiger partial charge is 0.416 e. The van der Waals surface area contributed by atoms with Gasteiger partial charge in [-0.3, -0.25) is 0 Å². The lowest BCUT2D eigenvalue weighted by atomic mass is 10.1. The molecule has 4 heteroatoms. The fraction of sp³-hybridized carbons (Fsp3) is 0.250. The zero-order chi connectivity index (χ0) is 14.4. The Labute approximate surface area is 116 Å². The Balaban J connectivity index is 1.77. The average Bonchev–Trinajstić information content (AvgIpc) is 2.44. The first-order chi connectivity index (χ1) is 9.55. The van der Waals surface area contributed by atoms with E-state index in [2.05, 4.69) is 17.4 Å². The molecule has 106 valence electrons. The van der Waals surface area contributed by atoms with E-state index in [1.807, 2.05) is 18.2 Å². The van der Waals surface area contributed by atoms with Crippen LogP contribution in [-0.2, 0) is 19.1 Å². The Bertz CT molecular complexity index is 518. The molecule has 0 unspecified atom stereocenters. The van der Waals surface area contributed by atoms with Gasteiger partial charge in [-0.1, -0.05) is 42.5 Å². The van der Waals surface area contributed by atoms with Gasteiger partial charge in [0, 0.05) is 6.54 Å². The van der Waals surface area contributed by atoms with Crippen molar-refractivity contribution >= 4 is 0 Å². The fourth-order valence-corrected chi connectivity index (χ4v) is 1.92. The Kier molecular flexibility index (Phi) is 4.79. The number of hydrogen-bond acceptors (Lipinski definition) is 1. The van der Waals surface area contributed by atoms with Crippen LogP contribution in [0.1, 0.15) is 16.7 Å². The number of nitrogens with one attached hydrogen (secondary N) is 1. The predicted octanol–water partition coefficient (Wildman–Crippen LogP) is 4.04. The van der Waals surface area contributed by atoms with Crippen LogP contribution >= 0.6 is 0 Å². The first-order valence-corrected chi connectivity index (χ1v) is 6.46. The highest BCUT2D eigenvalue weighted by atomic mass is 19.4. The number of alkyl halides is 3. The van der Waals surface area contributed by atoms with Crippen molar-refractivity contribution in [3.8, 4) is 0 Å². The monoisotopic (exact) mass is 279 g/mol. The second-order valence-corrected chi connectivity index (χ2v) is 4.61. The molecule has 1 N–H and O–H groups in total. The highest BCUT2D eigenvalue weighted by molar-refractivity contribution is 5.24. The molecule has 0 aliphatic carbocycles. The molecule has 2 rings (SSSR count). The maximum absolute atomic E-state index is 12.4. The zero-order valence-electron chi connectivity index (χ0n) is 11.0. The van der Waals surface area contributed by atoms with Gasteiger partial charge in [0.2, 0.25) is 0 Å². The van der Waals surface area contributed by atoms with Gasteiger partial charge in [0.15, 0.2) is 0 Å². The molecule has 0 atom stereocenters. The zero-order valence-corrected chi connectivity index (χ0v) is 11.0. The van der Waals surface area contributed by atoms with Gasteiger partial charge in [0.25, 0.3) is 0 Å². The van der Waals surface area contributed by atoms with Crippen molar-refractivity contribution in [2.45, 2.75) is 19.1 Å². The summed E-state index contributed by atoms with van der Waals surface area (Å²) in [5, 5.41) is 3.23. The van der Waals surface area contributed by atoms with Gasteiger partial charge in [-0.05, 0) is 36.2 Å².